The molecule has 8 nitrogen and oxygen atoms in total. The number of carbonyl (C=O) groups excluding carboxylic acids is 2. The maximum atomic E-state index is 13.1. The van der Waals surface area contributed by atoms with Gasteiger partial charge in [-0.3, -0.25) is 14.6 Å². The fourth-order valence-electron chi connectivity index (χ4n) is 4.42. The number of likely N-dealkylation sites (tertiary alicyclic amines) is 1. The average molecular weight is 444 g/mol. The second-order valence-electron chi connectivity index (χ2n) is 8.42. The van der Waals surface area contributed by atoms with Gasteiger partial charge >= 0.3 is 6.01 Å². The summed E-state index contributed by atoms with van der Waals surface area (Å²) in [4.78, 5) is 31.3. The molecular formula is C25H25N5O3. The molecule has 0 aliphatic carbocycles. The molecule has 2 aliphatic heterocycles. The molecule has 0 spiro atoms. The summed E-state index contributed by atoms with van der Waals surface area (Å²) >= 11 is 0. The van der Waals surface area contributed by atoms with Crippen LogP contribution in [0.1, 0.15) is 48.3 Å². The first-order valence-electron chi connectivity index (χ1n) is 11.2. The molecule has 5 rings (SSSR count). The number of Topliss-reactive ketones (excluding diaryl/α,β-unsaturated/α-hetero) is 1. The summed E-state index contributed by atoms with van der Waals surface area (Å²) in [5.41, 5.74) is 3.59. The Morgan fingerprint density at radius 1 is 1.03 bits per heavy atom. The predicted molar refractivity (Wildman–Crippen MR) is 123 cm³/mol. The van der Waals surface area contributed by atoms with Crippen molar-refractivity contribution in [2.45, 2.75) is 38.3 Å². The highest BCUT2D eigenvalue weighted by Crippen LogP contribution is 2.29. The first kappa shape index (κ1) is 21.1. The minimum Gasteiger partial charge on any atom is -0.408 e. The van der Waals surface area contributed by atoms with Crippen LogP contribution in [0.15, 0.2) is 64.0 Å². The molecular weight excluding hydrogens is 418 g/mol. The molecule has 33 heavy (non-hydrogen) atoms. The zero-order valence-electron chi connectivity index (χ0n) is 18.4. The molecule has 1 aromatic heterocycles. The molecule has 1 unspecified atom stereocenters. The van der Waals surface area contributed by atoms with Crippen molar-refractivity contribution in [2.24, 2.45) is 4.99 Å². The molecule has 0 saturated carbocycles. The van der Waals surface area contributed by atoms with E-state index in [1.807, 2.05) is 59.5 Å². The highest BCUT2D eigenvalue weighted by molar-refractivity contribution is 6.16. The van der Waals surface area contributed by atoms with Crippen molar-refractivity contribution in [1.82, 2.24) is 15.1 Å². The summed E-state index contributed by atoms with van der Waals surface area (Å²) in [6.07, 6.45) is 0.975. The third-order valence-corrected chi connectivity index (χ3v) is 6.24. The van der Waals surface area contributed by atoms with Gasteiger partial charge in [-0.25, -0.2) is 0 Å². The van der Waals surface area contributed by atoms with Gasteiger partial charge in [0.25, 0.3) is 0 Å². The zero-order chi connectivity index (χ0) is 22.8. The van der Waals surface area contributed by atoms with Crippen LogP contribution >= 0.6 is 0 Å². The van der Waals surface area contributed by atoms with Crippen LogP contribution in [0.25, 0.3) is 0 Å². The molecule has 8 heteroatoms. The molecule has 3 heterocycles. The van der Waals surface area contributed by atoms with E-state index < -0.39 is 6.17 Å². The number of fused-ring (bicyclic) bond motifs is 1. The van der Waals surface area contributed by atoms with Gasteiger partial charge in [0, 0.05) is 43.5 Å². The van der Waals surface area contributed by atoms with Gasteiger partial charge in [0.2, 0.25) is 11.8 Å². The topological polar surface area (TPSA) is 101 Å². The van der Waals surface area contributed by atoms with Crippen LogP contribution in [0.4, 0.5) is 6.01 Å². The third-order valence-electron chi connectivity index (χ3n) is 6.24. The largest absolute Gasteiger partial charge is 0.408 e. The molecule has 0 radical (unpaired) electrons. The van der Waals surface area contributed by atoms with Crippen LogP contribution in [0.2, 0.25) is 0 Å². The normalized spacial score (nSPS) is 18.9. The van der Waals surface area contributed by atoms with E-state index in [2.05, 4.69) is 15.5 Å². The van der Waals surface area contributed by atoms with Crippen LogP contribution in [-0.4, -0.2) is 51.8 Å². The molecule has 1 atom stereocenters. The molecule has 1 fully saturated rings. The Labute approximate surface area is 191 Å². The minimum absolute atomic E-state index is 0.0668. The number of rotatable bonds is 4. The van der Waals surface area contributed by atoms with Gasteiger partial charge in [-0.1, -0.05) is 59.7 Å². The number of nitrogens with one attached hydrogen (secondary N) is 1. The number of anilines is 1. The maximum Gasteiger partial charge on any atom is 0.317 e. The van der Waals surface area contributed by atoms with Gasteiger partial charge in [0.1, 0.15) is 0 Å². The SMILES string of the molecule is CC(=O)N1CCC(c2nnc(NC3N=C(c4ccccc4)c4ccccc4CC3=O)o2)CC1. The Morgan fingerprint density at radius 3 is 2.52 bits per heavy atom. The number of piperidine rings is 1. The summed E-state index contributed by atoms with van der Waals surface area (Å²) in [5, 5.41) is 11.4. The number of hydrogen-bond donors (Lipinski definition) is 1. The number of amides is 1. The van der Waals surface area contributed by atoms with Gasteiger partial charge < -0.3 is 14.6 Å². The highest BCUT2D eigenvalue weighted by Gasteiger charge is 2.29. The van der Waals surface area contributed by atoms with E-state index in [0.29, 0.717) is 19.0 Å². The van der Waals surface area contributed by atoms with E-state index in [-0.39, 0.29) is 30.0 Å². The smallest absolute Gasteiger partial charge is 0.317 e. The fraction of sp³-hybridized carbons (Fsp3) is 0.320. The zero-order valence-corrected chi connectivity index (χ0v) is 18.4. The number of benzene rings is 2. The molecule has 3 aromatic rings. The summed E-state index contributed by atoms with van der Waals surface area (Å²) in [6.45, 7) is 2.94. The second-order valence-corrected chi connectivity index (χ2v) is 8.42. The lowest BCUT2D eigenvalue weighted by Gasteiger charge is -2.29. The molecule has 1 amide bonds. The molecule has 1 saturated heterocycles. The Hall–Kier alpha value is -3.81. The van der Waals surface area contributed by atoms with Crippen molar-refractivity contribution in [3.63, 3.8) is 0 Å². The van der Waals surface area contributed by atoms with Crippen LogP contribution in [-0.2, 0) is 16.0 Å². The Morgan fingerprint density at radius 2 is 1.76 bits per heavy atom. The van der Waals surface area contributed by atoms with E-state index in [1.54, 1.807) is 6.92 Å². The van der Waals surface area contributed by atoms with Gasteiger partial charge in [0.15, 0.2) is 11.9 Å². The average Bonchev–Trinajstić information content (AvgIpc) is 3.26. The number of ketones is 1. The fourth-order valence-corrected chi connectivity index (χ4v) is 4.42. The second kappa shape index (κ2) is 8.97. The number of aromatic nitrogens is 2. The highest BCUT2D eigenvalue weighted by atomic mass is 16.4. The van der Waals surface area contributed by atoms with Crippen LogP contribution in [0.5, 0.6) is 0 Å². The van der Waals surface area contributed by atoms with Crippen molar-refractivity contribution in [1.29, 1.82) is 0 Å². The first-order chi connectivity index (χ1) is 16.1. The van der Waals surface area contributed by atoms with E-state index in [1.165, 1.54) is 0 Å². The monoisotopic (exact) mass is 443 g/mol. The quantitative estimate of drug-likeness (QED) is 0.665. The van der Waals surface area contributed by atoms with Crippen molar-refractivity contribution in [2.75, 3.05) is 18.4 Å². The molecule has 2 aromatic carbocycles. The van der Waals surface area contributed by atoms with Gasteiger partial charge in [0.05, 0.1) is 5.71 Å². The van der Waals surface area contributed by atoms with Gasteiger partial charge in [-0.05, 0) is 18.4 Å². The van der Waals surface area contributed by atoms with Crippen molar-refractivity contribution in [3.8, 4) is 0 Å². The van der Waals surface area contributed by atoms with E-state index >= 15 is 0 Å². The van der Waals surface area contributed by atoms with E-state index in [4.69, 9.17) is 9.41 Å². The van der Waals surface area contributed by atoms with Gasteiger partial charge in [-0.15, -0.1) is 5.10 Å². The lowest BCUT2D eigenvalue weighted by Crippen LogP contribution is -2.36. The number of nitrogens with zero attached hydrogens (tertiary/aromatic N) is 4. The summed E-state index contributed by atoms with van der Waals surface area (Å²) in [7, 11) is 0. The van der Waals surface area contributed by atoms with Crippen molar-refractivity contribution >= 4 is 23.4 Å². The van der Waals surface area contributed by atoms with Crippen LogP contribution < -0.4 is 5.32 Å². The third kappa shape index (κ3) is 4.41. The predicted octanol–water partition coefficient (Wildman–Crippen LogP) is 3.20. The minimum atomic E-state index is -0.833. The molecule has 0 bridgehead atoms. The Balaban J connectivity index is 1.39. The number of aliphatic imine (C=N–C) groups is 1. The van der Waals surface area contributed by atoms with Crippen LogP contribution in [0, 0.1) is 0 Å². The molecule has 168 valence electrons. The Bertz CT molecular complexity index is 1200. The van der Waals surface area contributed by atoms with Crippen molar-refractivity contribution < 1.29 is 14.0 Å². The Kier molecular flexibility index (Phi) is 5.73. The number of carbonyl (C=O) groups is 2. The lowest BCUT2D eigenvalue weighted by molar-refractivity contribution is -0.129. The van der Waals surface area contributed by atoms with Crippen LogP contribution in [0.3, 0.4) is 0 Å². The standard InChI is InChI=1S/C25H25N5O3/c1-16(31)30-13-11-18(12-14-30)24-28-29-25(33-24)27-23-21(32)15-19-9-5-6-10-20(19)22(26-23)17-7-3-2-4-8-17/h2-10,18,23H,11-15H2,1H3,(H,27,29). The van der Waals surface area contributed by atoms with E-state index in [0.717, 1.165) is 35.2 Å². The van der Waals surface area contributed by atoms with E-state index in [9.17, 15) is 9.59 Å². The molecule has 1 N–H and O–H groups in total. The summed E-state index contributed by atoms with van der Waals surface area (Å²) in [5.74, 6) is 0.641. The maximum absolute atomic E-state index is 13.1. The first-order valence-corrected chi connectivity index (χ1v) is 11.2. The lowest BCUT2D eigenvalue weighted by atomic mass is 9.96. The number of hydrogen-bond acceptors (Lipinski definition) is 7. The summed E-state index contributed by atoms with van der Waals surface area (Å²) < 4.78 is 5.87. The van der Waals surface area contributed by atoms with Gasteiger partial charge in [-0.2, -0.15) is 0 Å². The molecule has 2 aliphatic rings. The summed E-state index contributed by atoms with van der Waals surface area (Å²) in [6, 6.07) is 17.9. The van der Waals surface area contributed by atoms with Crippen molar-refractivity contribution in [3.05, 3.63) is 77.2 Å².